The van der Waals surface area contributed by atoms with Crippen molar-refractivity contribution in [2.75, 3.05) is 7.05 Å². The number of benzene rings is 1. The van der Waals surface area contributed by atoms with Gasteiger partial charge in [0, 0.05) is 24.7 Å². The summed E-state index contributed by atoms with van der Waals surface area (Å²) in [5, 5.41) is 12.1. The standard InChI is InChI=1S/C16H23N3OS/c1-11(2)17-14-16(20,13-9-7-6-8-10-13)19(12(3)4)15(21)18(14)5/h6-12,20H,1-5H3. The van der Waals surface area contributed by atoms with E-state index in [0.29, 0.717) is 10.9 Å². The summed E-state index contributed by atoms with van der Waals surface area (Å²) in [4.78, 5) is 8.29. The first kappa shape index (κ1) is 15.9. The van der Waals surface area contributed by atoms with Gasteiger partial charge in [0.2, 0.25) is 5.72 Å². The molecule has 1 aliphatic heterocycles. The highest BCUT2D eigenvalue weighted by atomic mass is 32.1. The van der Waals surface area contributed by atoms with Crippen LogP contribution in [0.1, 0.15) is 33.3 Å². The summed E-state index contributed by atoms with van der Waals surface area (Å²) >= 11 is 5.53. The highest BCUT2D eigenvalue weighted by molar-refractivity contribution is 7.80. The Hall–Kier alpha value is -1.46. The van der Waals surface area contributed by atoms with E-state index in [1.54, 1.807) is 0 Å². The van der Waals surface area contributed by atoms with Crippen molar-refractivity contribution in [1.82, 2.24) is 9.80 Å². The van der Waals surface area contributed by atoms with E-state index in [1.807, 2.05) is 74.9 Å². The molecule has 1 aromatic rings. The lowest BCUT2D eigenvalue weighted by Gasteiger charge is -2.36. The molecular weight excluding hydrogens is 282 g/mol. The Morgan fingerprint density at radius 3 is 2.19 bits per heavy atom. The van der Waals surface area contributed by atoms with Crippen LogP contribution in [0.15, 0.2) is 35.3 Å². The molecule has 21 heavy (non-hydrogen) atoms. The third-order valence-electron chi connectivity index (χ3n) is 3.54. The van der Waals surface area contributed by atoms with Gasteiger partial charge in [-0.05, 0) is 39.9 Å². The largest absolute Gasteiger partial charge is 0.361 e. The maximum Gasteiger partial charge on any atom is 0.226 e. The van der Waals surface area contributed by atoms with Crippen molar-refractivity contribution in [2.24, 2.45) is 4.99 Å². The second-order valence-electron chi connectivity index (χ2n) is 5.89. The predicted molar refractivity (Wildman–Crippen MR) is 90.2 cm³/mol. The molecule has 1 aromatic carbocycles. The Bertz CT molecular complexity index is 556. The second-order valence-corrected chi connectivity index (χ2v) is 6.26. The molecule has 1 aliphatic rings. The van der Waals surface area contributed by atoms with E-state index in [0.717, 1.165) is 5.56 Å². The number of likely N-dealkylation sites (N-methyl/N-ethyl adjacent to an activating group) is 1. The molecule has 1 fully saturated rings. The molecule has 1 saturated heterocycles. The average Bonchev–Trinajstić information content (AvgIpc) is 2.61. The Morgan fingerprint density at radius 2 is 1.71 bits per heavy atom. The van der Waals surface area contributed by atoms with Crippen LogP contribution in [-0.2, 0) is 5.72 Å². The molecule has 0 amide bonds. The zero-order chi connectivity index (χ0) is 15.8. The van der Waals surface area contributed by atoms with Crippen LogP contribution in [0.25, 0.3) is 0 Å². The maximum atomic E-state index is 11.5. The average molecular weight is 305 g/mol. The number of aliphatic imine (C=N–C) groups is 1. The van der Waals surface area contributed by atoms with E-state index in [-0.39, 0.29) is 12.1 Å². The third kappa shape index (κ3) is 2.56. The first-order valence-corrected chi connectivity index (χ1v) is 7.64. The molecule has 0 aromatic heterocycles. The van der Waals surface area contributed by atoms with Gasteiger partial charge in [0.1, 0.15) is 0 Å². The number of aliphatic hydroxyl groups is 1. The number of nitrogens with zero attached hydrogens (tertiary/aromatic N) is 3. The van der Waals surface area contributed by atoms with E-state index in [4.69, 9.17) is 12.2 Å². The molecule has 1 unspecified atom stereocenters. The fourth-order valence-corrected chi connectivity index (χ4v) is 3.12. The summed E-state index contributed by atoms with van der Waals surface area (Å²) in [5.74, 6) is 0.586. The molecule has 1 atom stereocenters. The summed E-state index contributed by atoms with van der Waals surface area (Å²) in [7, 11) is 1.86. The zero-order valence-corrected chi connectivity index (χ0v) is 14.1. The molecular formula is C16H23N3OS. The number of hydrogen-bond acceptors (Lipinski definition) is 3. The first-order chi connectivity index (χ1) is 9.80. The van der Waals surface area contributed by atoms with Crippen molar-refractivity contribution in [1.29, 1.82) is 0 Å². The van der Waals surface area contributed by atoms with Crippen molar-refractivity contribution in [3.63, 3.8) is 0 Å². The molecule has 0 radical (unpaired) electrons. The van der Waals surface area contributed by atoms with E-state index < -0.39 is 5.72 Å². The van der Waals surface area contributed by atoms with Crippen molar-refractivity contribution in [2.45, 2.75) is 45.5 Å². The minimum atomic E-state index is -1.31. The zero-order valence-electron chi connectivity index (χ0n) is 13.2. The third-order valence-corrected chi connectivity index (χ3v) is 4.01. The Labute approximate surface area is 132 Å². The van der Waals surface area contributed by atoms with Crippen molar-refractivity contribution in [3.05, 3.63) is 35.9 Å². The van der Waals surface area contributed by atoms with Crippen LogP contribution >= 0.6 is 12.2 Å². The van der Waals surface area contributed by atoms with Crippen LogP contribution < -0.4 is 0 Å². The lowest BCUT2D eigenvalue weighted by Crippen LogP contribution is -2.50. The second kappa shape index (κ2) is 5.73. The number of hydrogen-bond donors (Lipinski definition) is 1. The molecule has 1 heterocycles. The Balaban J connectivity index is 2.67. The van der Waals surface area contributed by atoms with Crippen LogP contribution in [0.4, 0.5) is 0 Å². The van der Waals surface area contributed by atoms with Gasteiger partial charge < -0.3 is 14.9 Å². The summed E-state index contributed by atoms with van der Waals surface area (Å²) in [5.41, 5.74) is -0.532. The number of thiocarbonyl (C=S) groups is 1. The van der Waals surface area contributed by atoms with E-state index in [1.165, 1.54) is 0 Å². The Morgan fingerprint density at radius 1 is 1.14 bits per heavy atom. The van der Waals surface area contributed by atoms with E-state index >= 15 is 0 Å². The SMILES string of the molecule is CC(C)N=C1N(C)C(=S)N(C(C)C)C1(O)c1ccccc1. The molecule has 4 nitrogen and oxygen atoms in total. The lowest BCUT2D eigenvalue weighted by molar-refractivity contribution is -0.0171. The number of rotatable bonds is 3. The molecule has 2 rings (SSSR count). The molecule has 0 spiro atoms. The van der Waals surface area contributed by atoms with Crippen LogP contribution in [-0.4, -0.2) is 45.0 Å². The van der Waals surface area contributed by atoms with Crippen LogP contribution in [0.5, 0.6) is 0 Å². The normalized spacial score (nSPS) is 24.8. The fourth-order valence-electron chi connectivity index (χ4n) is 2.69. The summed E-state index contributed by atoms with van der Waals surface area (Å²) in [6.45, 7) is 8.03. The van der Waals surface area contributed by atoms with Gasteiger partial charge in [0.15, 0.2) is 10.9 Å². The van der Waals surface area contributed by atoms with Crippen LogP contribution in [0.2, 0.25) is 0 Å². The van der Waals surface area contributed by atoms with E-state index in [2.05, 4.69) is 4.99 Å². The monoisotopic (exact) mass is 305 g/mol. The van der Waals surface area contributed by atoms with Gasteiger partial charge in [-0.25, -0.2) is 0 Å². The van der Waals surface area contributed by atoms with Crippen molar-refractivity contribution in [3.8, 4) is 0 Å². The minimum absolute atomic E-state index is 0.0602. The van der Waals surface area contributed by atoms with Gasteiger partial charge >= 0.3 is 0 Å². The molecule has 5 heteroatoms. The molecule has 114 valence electrons. The van der Waals surface area contributed by atoms with Crippen LogP contribution in [0.3, 0.4) is 0 Å². The molecule has 0 aliphatic carbocycles. The summed E-state index contributed by atoms with van der Waals surface area (Å²) < 4.78 is 0. The molecule has 0 bridgehead atoms. The highest BCUT2D eigenvalue weighted by Gasteiger charge is 2.53. The van der Waals surface area contributed by atoms with Gasteiger partial charge in [-0.2, -0.15) is 0 Å². The predicted octanol–water partition coefficient (Wildman–Crippen LogP) is 2.58. The van der Waals surface area contributed by atoms with Gasteiger partial charge in [-0.1, -0.05) is 30.3 Å². The smallest absolute Gasteiger partial charge is 0.226 e. The van der Waals surface area contributed by atoms with E-state index in [9.17, 15) is 5.11 Å². The minimum Gasteiger partial charge on any atom is -0.361 e. The molecule has 0 saturated carbocycles. The van der Waals surface area contributed by atoms with Crippen LogP contribution in [0, 0.1) is 0 Å². The summed E-state index contributed by atoms with van der Waals surface area (Å²) in [6.07, 6.45) is 0. The lowest BCUT2D eigenvalue weighted by atomic mass is 9.99. The van der Waals surface area contributed by atoms with Gasteiger partial charge in [0.25, 0.3) is 0 Å². The maximum absolute atomic E-state index is 11.5. The van der Waals surface area contributed by atoms with Gasteiger partial charge in [-0.15, -0.1) is 0 Å². The fraction of sp³-hybridized carbons (Fsp3) is 0.500. The number of amidine groups is 1. The van der Waals surface area contributed by atoms with Crippen molar-refractivity contribution >= 4 is 23.2 Å². The van der Waals surface area contributed by atoms with Gasteiger partial charge in [0.05, 0.1) is 0 Å². The first-order valence-electron chi connectivity index (χ1n) is 7.23. The quantitative estimate of drug-likeness (QED) is 0.871. The summed E-state index contributed by atoms with van der Waals surface area (Å²) in [6, 6.07) is 9.72. The van der Waals surface area contributed by atoms with Gasteiger partial charge in [-0.3, -0.25) is 4.99 Å². The topological polar surface area (TPSA) is 39.1 Å². The Kier molecular flexibility index (Phi) is 4.35. The van der Waals surface area contributed by atoms with Crippen molar-refractivity contribution < 1.29 is 5.11 Å². The highest BCUT2D eigenvalue weighted by Crippen LogP contribution is 2.37. The molecule has 1 N–H and O–H groups in total.